The third-order valence-corrected chi connectivity index (χ3v) is 21.3. The highest BCUT2D eigenvalue weighted by Gasteiger charge is 2.42. The van der Waals surface area contributed by atoms with Crippen molar-refractivity contribution in [3.63, 3.8) is 0 Å². The number of aryl methyl sites for hydroxylation is 2. The van der Waals surface area contributed by atoms with Crippen molar-refractivity contribution in [2.24, 2.45) is 5.92 Å². The lowest BCUT2D eigenvalue weighted by molar-refractivity contribution is 0.561. The van der Waals surface area contributed by atoms with Gasteiger partial charge in [0.1, 0.15) is 0 Å². The van der Waals surface area contributed by atoms with Crippen LogP contribution in [0.3, 0.4) is 0 Å². The molecular weight excluding hydrogens is 829 g/mol. The molecule has 8 aromatic rings. The van der Waals surface area contributed by atoms with Crippen LogP contribution in [0.5, 0.6) is 0 Å². The highest BCUT2D eigenvalue weighted by Crippen LogP contribution is 2.63. The second-order valence-corrected chi connectivity index (χ2v) is 23.3. The fourth-order valence-electron chi connectivity index (χ4n) is 10.9. The summed E-state index contributed by atoms with van der Waals surface area (Å²) in [7, 11) is 0. The van der Waals surface area contributed by atoms with Gasteiger partial charge in [-0.3, -0.25) is 0 Å². The smallest absolute Gasteiger partial charge is 0.0838 e. The first-order valence-corrected chi connectivity index (χ1v) is 25.4. The standard InChI is InChI=1S/C56H54N2S4/c1-29-30(2)34(6)48-47(33(29)5)59-51-45(57-41-25-17-13-21-37(41)55(9,10)38-22-14-18-26-42(38)57)53-54(62-50-36(8)32(4)31(3)35(7)49(50)61-53)46(52(51)60-48)58-43-27-19-15-23-39(43)56(11,12)40-24-16-20-28-44(40)58/h13-29,33H,1-12H3. The number of hydrogen-bond donors (Lipinski definition) is 0. The minimum Gasteiger partial charge on any atom is -0.307 e. The summed E-state index contributed by atoms with van der Waals surface area (Å²) in [4.78, 5) is 8.33. The van der Waals surface area contributed by atoms with Crippen molar-refractivity contribution in [3.8, 4) is 0 Å². The number of fused-ring (bicyclic) bond motifs is 8. The highest BCUT2D eigenvalue weighted by atomic mass is 32.1. The molecule has 0 fully saturated rings. The molecule has 4 heterocycles. The lowest BCUT2D eigenvalue weighted by atomic mass is 9.73. The van der Waals surface area contributed by atoms with E-state index in [4.69, 9.17) is 0 Å². The maximum Gasteiger partial charge on any atom is 0.0838 e. The summed E-state index contributed by atoms with van der Waals surface area (Å²) in [5.41, 5.74) is 21.4. The first-order valence-electron chi connectivity index (χ1n) is 22.1. The Morgan fingerprint density at radius 1 is 0.403 bits per heavy atom. The average molecular weight is 883 g/mol. The zero-order valence-electron chi connectivity index (χ0n) is 37.9. The molecular formula is C56H54N2S4. The van der Waals surface area contributed by atoms with E-state index < -0.39 is 0 Å². The average Bonchev–Trinajstić information content (AvgIpc) is 3.28. The third kappa shape index (κ3) is 5.30. The summed E-state index contributed by atoms with van der Waals surface area (Å²) in [6, 6.07) is 36.9. The van der Waals surface area contributed by atoms with Crippen LogP contribution in [-0.2, 0) is 10.8 Å². The molecule has 1 aliphatic carbocycles. The first kappa shape index (κ1) is 40.1. The van der Waals surface area contributed by atoms with E-state index in [0.717, 1.165) is 0 Å². The molecule has 62 heavy (non-hydrogen) atoms. The highest BCUT2D eigenvalue weighted by molar-refractivity contribution is 7.38. The van der Waals surface area contributed by atoms with Gasteiger partial charge in [0.2, 0.25) is 0 Å². The van der Waals surface area contributed by atoms with Crippen LogP contribution in [0.15, 0.2) is 103 Å². The monoisotopic (exact) mass is 882 g/mol. The van der Waals surface area contributed by atoms with E-state index in [9.17, 15) is 0 Å². The lowest BCUT2D eigenvalue weighted by Crippen LogP contribution is -2.31. The van der Waals surface area contributed by atoms with Crippen LogP contribution < -0.4 is 9.80 Å². The van der Waals surface area contributed by atoms with Gasteiger partial charge in [0, 0.05) is 30.0 Å². The van der Waals surface area contributed by atoms with E-state index >= 15 is 0 Å². The van der Waals surface area contributed by atoms with Crippen molar-refractivity contribution in [2.45, 2.75) is 99.8 Å². The number of para-hydroxylation sites is 4. The Labute approximate surface area is 383 Å². The molecule has 2 atom stereocenters. The van der Waals surface area contributed by atoms with Crippen LogP contribution in [0.1, 0.15) is 116 Å². The van der Waals surface area contributed by atoms with E-state index in [2.05, 4.69) is 201 Å². The summed E-state index contributed by atoms with van der Waals surface area (Å²) in [6.07, 6.45) is 0. The van der Waals surface area contributed by atoms with Crippen LogP contribution >= 0.6 is 45.3 Å². The van der Waals surface area contributed by atoms with Crippen molar-refractivity contribution in [3.05, 3.63) is 157 Å². The summed E-state index contributed by atoms with van der Waals surface area (Å²) >= 11 is 8.16. The quantitative estimate of drug-likeness (QED) is 0.160. The van der Waals surface area contributed by atoms with Crippen LogP contribution in [-0.4, -0.2) is 0 Å². The van der Waals surface area contributed by atoms with Crippen molar-refractivity contribution in [2.75, 3.05) is 9.80 Å². The molecule has 6 heteroatoms. The third-order valence-electron chi connectivity index (χ3n) is 15.4. The van der Waals surface area contributed by atoms with Crippen LogP contribution in [0, 0.1) is 33.6 Å². The molecule has 3 aliphatic rings. The van der Waals surface area contributed by atoms with E-state index in [1.807, 2.05) is 34.0 Å². The Balaban J connectivity index is 1.42. The number of benzene rings is 6. The van der Waals surface area contributed by atoms with E-state index in [-0.39, 0.29) is 10.8 Å². The van der Waals surface area contributed by atoms with Crippen LogP contribution in [0.2, 0.25) is 0 Å². The molecule has 0 radical (unpaired) electrons. The molecule has 2 nitrogen and oxygen atoms in total. The van der Waals surface area contributed by atoms with E-state index in [1.54, 1.807) is 0 Å². The zero-order chi connectivity index (χ0) is 43.3. The maximum atomic E-state index is 2.68. The molecule has 0 spiro atoms. The summed E-state index contributed by atoms with van der Waals surface area (Å²) < 4.78 is 8.22. The zero-order valence-corrected chi connectivity index (χ0v) is 41.2. The topological polar surface area (TPSA) is 6.48 Å². The van der Waals surface area contributed by atoms with Gasteiger partial charge in [0.25, 0.3) is 0 Å². The Hall–Kier alpha value is -4.72. The van der Waals surface area contributed by atoms with E-state index in [0.29, 0.717) is 11.8 Å². The number of hydrogen-bond acceptors (Lipinski definition) is 6. The van der Waals surface area contributed by atoms with E-state index in [1.165, 1.54) is 128 Å². The van der Waals surface area contributed by atoms with Crippen molar-refractivity contribution < 1.29 is 0 Å². The van der Waals surface area contributed by atoms with Gasteiger partial charge < -0.3 is 9.80 Å². The summed E-state index contributed by atoms with van der Waals surface area (Å²) in [5.74, 6) is 0.875. The number of nitrogens with zero attached hydrogens (tertiary/aromatic N) is 2. The van der Waals surface area contributed by atoms with Gasteiger partial charge in [-0.15, -0.1) is 45.3 Å². The summed E-state index contributed by atoms with van der Waals surface area (Å²) in [6.45, 7) is 28.7. The second kappa shape index (κ2) is 13.9. The minimum atomic E-state index is -0.169. The molecule has 6 aromatic carbocycles. The van der Waals surface area contributed by atoms with Gasteiger partial charge >= 0.3 is 0 Å². The molecule has 2 aliphatic heterocycles. The van der Waals surface area contributed by atoms with Gasteiger partial charge in [-0.1, -0.05) is 120 Å². The Bertz CT molecular complexity index is 3220. The number of allylic oxidation sites excluding steroid dienone is 2. The molecule has 312 valence electrons. The SMILES string of the molecule is CC1=C(C)C(C)C(C)c2sc3c(N4c5ccccc5C(C)(C)c5ccccc54)c4sc5c(C)c(C)c(C)c(C)c5sc4c(N4c5ccccc5C(C)(C)c5ccccc54)c3sc21. The normalized spacial score (nSPS) is 18.5. The molecule has 0 saturated carbocycles. The molecule has 0 saturated heterocycles. The fraction of sp³-hybridized carbons (Fsp3) is 0.286. The van der Waals surface area contributed by atoms with Crippen LogP contribution in [0.4, 0.5) is 34.1 Å². The molecule has 2 aromatic heterocycles. The number of rotatable bonds is 2. The maximum absolute atomic E-state index is 2.68. The van der Waals surface area contributed by atoms with Crippen molar-refractivity contribution >= 4 is 113 Å². The number of anilines is 6. The largest absolute Gasteiger partial charge is 0.307 e. The van der Waals surface area contributed by atoms with Crippen molar-refractivity contribution in [1.29, 1.82) is 0 Å². The molecule has 0 amide bonds. The van der Waals surface area contributed by atoms with Gasteiger partial charge in [-0.05, 0) is 128 Å². The molecule has 2 unspecified atom stereocenters. The van der Waals surface area contributed by atoms with Gasteiger partial charge in [-0.2, -0.15) is 0 Å². The van der Waals surface area contributed by atoms with Gasteiger partial charge in [-0.25, -0.2) is 0 Å². The first-order chi connectivity index (χ1) is 29.6. The molecule has 0 N–H and O–H groups in total. The molecule has 11 rings (SSSR count). The molecule has 0 bridgehead atoms. The Morgan fingerprint density at radius 3 is 1.13 bits per heavy atom. The second-order valence-electron chi connectivity index (χ2n) is 19.1. The Morgan fingerprint density at radius 2 is 0.742 bits per heavy atom. The van der Waals surface area contributed by atoms with Crippen LogP contribution in [0.25, 0.3) is 33.8 Å². The summed E-state index contributed by atoms with van der Waals surface area (Å²) in [5, 5.41) is 0. The van der Waals surface area contributed by atoms with Gasteiger partial charge in [0.05, 0.1) is 52.9 Å². The predicted molar refractivity (Wildman–Crippen MR) is 277 cm³/mol. The predicted octanol–water partition coefficient (Wildman–Crippen LogP) is 18.5. The Kier molecular flexibility index (Phi) is 8.98. The minimum absolute atomic E-state index is 0.168. The van der Waals surface area contributed by atoms with Gasteiger partial charge in [0.15, 0.2) is 0 Å². The lowest BCUT2D eigenvalue weighted by Gasteiger charge is -2.44. The van der Waals surface area contributed by atoms with Crippen molar-refractivity contribution in [1.82, 2.24) is 0 Å². The fourth-order valence-corrected chi connectivity index (χ4v) is 17.1.